The van der Waals surface area contributed by atoms with Crippen molar-refractivity contribution < 1.29 is 32.5 Å². The molecule has 2 aliphatic heterocycles. The fraction of sp³-hybridized carbons (Fsp3) is 0.700. The van der Waals surface area contributed by atoms with Crippen molar-refractivity contribution >= 4 is 14.3 Å². The molecule has 8 nitrogen and oxygen atoms in total. The number of hydrogen-bond acceptors (Lipinski definition) is 8. The van der Waals surface area contributed by atoms with Crippen molar-refractivity contribution in [3.8, 4) is 11.5 Å². The highest BCUT2D eigenvalue weighted by Gasteiger charge is 2.43. The number of ether oxygens (including phenoxy) is 5. The van der Waals surface area contributed by atoms with Crippen LogP contribution in [0.5, 0.6) is 11.5 Å². The summed E-state index contributed by atoms with van der Waals surface area (Å²) in [5, 5.41) is 6.97. The monoisotopic (exact) mass is 595 g/mol. The molecule has 11 heteroatoms. The van der Waals surface area contributed by atoms with Crippen LogP contribution in [0, 0.1) is 11.6 Å². The summed E-state index contributed by atoms with van der Waals surface area (Å²) in [6.07, 6.45) is 8.87. The van der Waals surface area contributed by atoms with Crippen LogP contribution in [0.4, 0.5) is 8.78 Å². The van der Waals surface area contributed by atoms with E-state index in [1.807, 2.05) is 19.3 Å². The lowest BCUT2D eigenvalue weighted by atomic mass is 9.89. The Morgan fingerprint density at radius 3 is 2.32 bits per heavy atom. The molecule has 1 spiro atoms. The van der Waals surface area contributed by atoms with Gasteiger partial charge in [-0.1, -0.05) is 26.6 Å². The first kappa shape index (κ1) is 31.7. The largest absolute Gasteiger partial charge is 0.494 e. The number of hydrazone groups is 1. The highest BCUT2D eigenvalue weighted by atomic mass is 28.3. The van der Waals surface area contributed by atoms with Gasteiger partial charge in [-0.15, -0.1) is 0 Å². The van der Waals surface area contributed by atoms with Crippen LogP contribution in [0.3, 0.4) is 0 Å². The second-order valence-corrected chi connectivity index (χ2v) is 17.9. The molecule has 4 rings (SSSR count). The Bertz CT molecular complexity index is 1050. The number of benzene rings is 1. The molecule has 2 fully saturated rings. The number of hydrogen-bond donors (Lipinski definition) is 0. The summed E-state index contributed by atoms with van der Waals surface area (Å²) in [7, 11) is 1.46. The average molecular weight is 596 g/mol. The molecule has 0 bridgehead atoms. The van der Waals surface area contributed by atoms with Gasteiger partial charge in [0.25, 0.3) is 0 Å². The molecule has 0 amide bonds. The summed E-state index contributed by atoms with van der Waals surface area (Å²) in [6, 6.07) is 2.55. The zero-order valence-electron chi connectivity index (χ0n) is 25.5. The number of halogens is 2. The first-order chi connectivity index (χ1) is 19.6. The third-order valence-electron chi connectivity index (χ3n) is 8.23. The molecule has 41 heavy (non-hydrogen) atoms. The number of allylic oxidation sites excluding steroid dienone is 1. The van der Waals surface area contributed by atoms with Gasteiger partial charge in [0.2, 0.25) is 0 Å². The van der Waals surface area contributed by atoms with Crippen LogP contribution in [0.2, 0.25) is 25.7 Å². The topological polar surface area (TPSA) is 65.0 Å². The van der Waals surface area contributed by atoms with Crippen LogP contribution in [-0.2, 0) is 20.6 Å². The molecule has 0 aromatic heterocycles. The minimum atomic E-state index is -1.26. The minimum absolute atomic E-state index is 0.0408. The molecule has 1 atom stereocenters. The number of methoxy groups -OCH3 is 2. The van der Waals surface area contributed by atoms with E-state index in [4.69, 9.17) is 28.8 Å². The zero-order chi connectivity index (χ0) is 29.6. The third kappa shape index (κ3) is 7.80. The molecule has 2 heterocycles. The van der Waals surface area contributed by atoms with Crippen LogP contribution >= 0.6 is 0 Å². The second kappa shape index (κ2) is 13.8. The van der Waals surface area contributed by atoms with E-state index in [0.717, 1.165) is 43.7 Å². The first-order valence-corrected chi connectivity index (χ1v) is 18.5. The Balaban J connectivity index is 1.56. The zero-order valence-corrected chi connectivity index (χ0v) is 26.5. The lowest BCUT2D eigenvalue weighted by Gasteiger charge is -2.43. The Morgan fingerprint density at radius 1 is 1.12 bits per heavy atom. The predicted molar refractivity (Wildman–Crippen MR) is 158 cm³/mol. The van der Waals surface area contributed by atoms with Crippen molar-refractivity contribution in [2.45, 2.75) is 95.5 Å². The molecule has 3 aliphatic rings. The maximum Gasteiger partial charge on any atom is 0.171 e. The van der Waals surface area contributed by atoms with E-state index >= 15 is 8.78 Å². The summed E-state index contributed by atoms with van der Waals surface area (Å²) >= 11 is 0. The average Bonchev–Trinajstić information content (AvgIpc) is 3.62. The van der Waals surface area contributed by atoms with E-state index in [1.165, 1.54) is 20.3 Å². The molecule has 1 aromatic carbocycles. The summed E-state index contributed by atoms with van der Waals surface area (Å²) in [4.78, 5) is 2.15. The molecule has 1 saturated heterocycles. The van der Waals surface area contributed by atoms with Crippen LogP contribution in [0.15, 0.2) is 22.9 Å². The third-order valence-corrected chi connectivity index (χ3v) is 9.94. The summed E-state index contributed by atoms with van der Waals surface area (Å²) in [5.41, 5.74) is 0.802. The molecule has 1 aromatic rings. The van der Waals surface area contributed by atoms with Crippen molar-refractivity contribution in [3.63, 3.8) is 0 Å². The maximum atomic E-state index is 15.2. The Kier molecular flexibility index (Phi) is 10.7. The van der Waals surface area contributed by atoms with Crippen LogP contribution < -0.4 is 9.47 Å². The van der Waals surface area contributed by atoms with Crippen LogP contribution in [0.1, 0.15) is 51.0 Å². The molecule has 1 saturated carbocycles. The van der Waals surface area contributed by atoms with Crippen molar-refractivity contribution in [1.29, 1.82) is 0 Å². The van der Waals surface area contributed by atoms with Gasteiger partial charge in [0.05, 0.1) is 27.4 Å². The van der Waals surface area contributed by atoms with E-state index in [9.17, 15) is 0 Å². The van der Waals surface area contributed by atoms with Gasteiger partial charge in [-0.3, -0.25) is 5.01 Å². The predicted octanol–water partition coefficient (Wildman–Crippen LogP) is 6.14. The molecule has 0 radical (unpaired) electrons. The van der Waals surface area contributed by atoms with Crippen LogP contribution in [-0.4, -0.2) is 83.0 Å². The smallest absolute Gasteiger partial charge is 0.171 e. The van der Waals surface area contributed by atoms with E-state index in [1.54, 1.807) is 0 Å². The normalized spacial score (nSPS) is 21.2. The van der Waals surface area contributed by atoms with Gasteiger partial charge in [-0.05, 0) is 30.9 Å². The Morgan fingerprint density at radius 2 is 1.76 bits per heavy atom. The van der Waals surface area contributed by atoms with Gasteiger partial charge in [0.15, 0.2) is 28.9 Å². The van der Waals surface area contributed by atoms with E-state index < -0.39 is 25.5 Å². The lowest BCUT2D eigenvalue weighted by molar-refractivity contribution is -0.186. The van der Waals surface area contributed by atoms with E-state index in [2.05, 4.69) is 29.5 Å². The van der Waals surface area contributed by atoms with E-state index in [-0.39, 0.29) is 35.7 Å². The fourth-order valence-corrected chi connectivity index (χ4v) is 6.47. The second-order valence-electron chi connectivity index (χ2n) is 12.3. The van der Waals surface area contributed by atoms with Gasteiger partial charge in [-0.25, -0.2) is 8.78 Å². The van der Waals surface area contributed by atoms with Gasteiger partial charge >= 0.3 is 0 Å². The SMILES string of the molecule is CC/C(=C\N(COCC[Si](C)(C)C)C1CC=NN1C1CCC2(CC1)OCCO2)Cc1c(F)c(OC)cc(OC)c1F. The molecule has 0 N–H and O–H groups in total. The summed E-state index contributed by atoms with van der Waals surface area (Å²) in [5.74, 6) is -1.93. The highest BCUT2D eigenvalue weighted by molar-refractivity contribution is 6.76. The van der Waals surface area contributed by atoms with Crippen molar-refractivity contribution in [2.24, 2.45) is 5.10 Å². The molecular formula is C30H47F2N3O5Si. The van der Waals surface area contributed by atoms with Crippen LogP contribution in [0.25, 0.3) is 0 Å². The number of nitrogens with zero attached hydrogens (tertiary/aromatic N) is 3. The summed E-state index contributed by atoms with van der Waals surface area (Å²) < 4.78 is 58.9. The first-order valence-electron chi connectivity index (χ1n) is 14.8. The highest BCUT2D eigenvalue weighted by Crippen LogP contribution is 2.39. The number of rotatable bonds is 13. The summed E-state index contributed by atoms with van der Waals surface area (Å²) in [6.45, 7) is 11.3. The molecule has 1 aliphatic carbocycles. The van der Waals surface area contributed by atoms with Gasteiger partial charge < -0.3 is 28.6 Å². The van der Waals surface area contributed by atoms with Crippen molar-refractivity contribution in [1.82, 2.24) is 9.91 Å². The molecule has 230 valence electrons. The molecular weight excluding hydrogens is 548 g/mol. The maximum absolute atomic E-state index is 15.2. The van der Waals surface area contributed by atoms with Gasteiger partial charge in [0, 0.05) is 70.5 Å². The Hall–Kier alpha value is -2.21. The molecule has 1 unspecified atom stereocenters. The van der Waals surface area contributed by atoms with Gasteiger partial charge in [0.1, 0.15) is 12.9 Å². The lowest BCUT2D eigenvalue weighted by Crippen LogP contribution is -2.49. The van der Waals surface area contributed by atoms with Gasteiger partial charge in [-0.2, -0.15) is 5.10 Å². The standard InChI is InChI=1S/C30H47F2N3O5Si/c1-7-22(18-24-28(31)25(36-2)19-26(37-3)29(24)32)20-34(21-38-16-17-41(4,5)6)27-10-13-33-35(27)23-8-11-30(12-9-23)39-14-15-40-30/h13,19-20,23,27H,7-12,14-18,21H2,1-6H3/b22-20+. The van der Waals surface area contributed by atoms with Crippen molar-refractivity contribution in [3.05, 3.63) is 35.0 Å². The fourth-order valence-electron chi connectivity index (χ4n) is 5.71. The quantitative estimate of drug-likeness (QED) is 0.154. The van der Waals surface area contributed by atoms with E-state index in [0.29, 0.717) is 33.0 Å². The Labute approximate surface area is 244 Å². The van der Waals surface area contributed by atoms with Crippen molar-refractivity contribution in [2.75, 3.05) is 40.8 Å². The minimum Gasteiger partial charge on any atom is -0.494 e.